The average Bonchev–Trinajstić information content (AvgIpc) is 3.96. The van der Waals surface area contributed by atoms with Crippen LogP contribution in [-0.2, 0) is 5.41 Å². The highest BCUT2D eigenvalue weighted by atomic mass is 19.1. The van der Waals surface area contributed by atoms with Crippen molar-refractivity contribution in [1.82, 2.24) is 0 Å². The van der Waals surface area contributed by atoms with Gasteiger partial charge < -0.3 is 0 Å². The molecule has 1 spiro atoms. The topological polar surface area (TPSA) is 0 Å². The zero-order valence-electron chi connectivity index (χ0n) is 35.9. The van der Waals surface area contributed by atoms with Crippen LogP contribution in [0.5, 0.6) is 0 Å². The lowest BCUT2D eigenvalue weighted by Gasteiger charge is -2.31. The minimum atomic E-state index is -0.913. The van der Waals surface area contributed by atoms with Gasteiger partial charge >= 0.3 is 0 Å². The standard InChI is InChI=1S/C65H34F2/c66-37-22-24-39-40-25-23-38(67)31-57(40)65(56(39)30-37)55-21-10-9-18-48(55)62-49-20-11-19-43-44-26-27-45-50-32-52-53(33-51(50)46-28-29-47(63(44)64(45)46)54(61(43)49)34-58(62)65)60(36-14-5-2-6-15-36)42-17-8-7-16-41(42)59(52)35-12-3-1-4-13-35/h1-34H. The summed E-state index contributed by atoms with van der Waals surface area (Å²) >= 11 is 0. The van der Waals surface area contributed by atoms with Crippen LogP contribution in [0, 0.1) is 11.6 Å². The zero-order chi connectivity index (χ0) is 43.9. The van der Waals surface area contributed by atoms with Crippen molar-refractivity contribution in [2.45, 2.75) is 5.41 Å². The molecule has 13 aromatic rings. The molecule has 0 amide bonds. The number of fused-ring (bicyclic) bond motifs is 18. The summed E-state index contributed by atoms with van der Waals surface area (Å²) in [6.07, 6.45) is 0. The van der Waals surface area contributed by atoms with E-state index in [9.17, 15) is 0 Å². The number of halogens is 2. The van der Waals surface area contributed by atoms with Crippen LogP contribution in [-0.4, -0.2) is 0 Å². The van der Waals surface area contributed by atoms with Gasteiger partial charge in [0.05, 0.1) is 5.41 Å². The van der Waals surface area contributed by atoms with Crippen molar-refractivity contribution in [1.29, 1.82) is 0 Å². The van der Waals surface area contributed by atoms with Gasteiger partial charge in [0.25, 0.3) is 0 Å². The fraction of sp³-hybridized carbons (Fsp3) is 0.0154. The van der Waals surface area contributed by atoms with Gasteiger partial charge in [-0.25, -0.2) is 8.78 Å². The van der Waals surface area contributed by atoms with Gasteiger partial charge in [0.1, 0.15) is 11.6 Å². The van der Waals surface area contributed by atoms with Crippen molar-refractivity contribution in [2.24, 2.45) is 0 Å². The summed E-state index contributed by atoms with van der Waals surface area (Å²) in [5.41, 5.74) is 16.9. The molecule has 13 aromatic carbocycles. The van der Waals surface area contributed by atoms with Crippen LogP contribution in [0.1, 0.15) is 22.3 Å². The Balaban J connectivity index is 1.04. The predicted octanol–water partition coefficient (Wildman–Crippen LogP) is 17.6. The highest BCUT2D eigenvalue weighted by molar-refractivity contribution is 6.39. The molecule has 0 atom stereocenters. The Morgan fingerprint density at radius 3 is 1.34 bits per heavy atom. The van der Waals surface area contributed by atoms with E-state index >= 15 is 8.78 Å². The van der Waals surface area contributed by atoms with Crippen LogP contribution in [0.4, 0.5) is 8.78 Å². The first-order valence-electron chi connectivity index (χ1n) is 23.1. The summed E-state index contributed by atoms with van der Waals surface area (Å²) in [5, 5.41) is 14.6. The highest BCUT2D eigenvalue weighted by Crippen LogP contribution is 2.65. The van der Waals surface area contributed by atoms with E-state index in [1.807, 2.05) is 12.1 Å². The molecule has 16 rings (SSSR count). The fourth-order valence-electron chi connectivity index (χ4n) is 13.4. The Bertz CT molecular complexity index is 4230. The lowest BCUT2D eigenvalue weighted by Crippen LogP contribution is -2.26. The van der Waals surface area contributed by atoms with Crippen molar-refractivity contribution in [2.75, 3.05) is 0 Å². The minimum absolute atomic E-state index is 0.300. The number of hydrogen-bond donors (Lipinski definition) is 0. The van der Waals surface area contributed by atoms with Gasteiger partial charge in [-0.2, -0.15) is 0 Å². The van der Waals surface area contributed by atoms with Crippen LogP contribution in [0.2, 0.25) is 0 Å². The normalized spacial score (nSPS) is 13.6. The lowest BCUT2D eigenvalue weighted by atomic mass is 9.70. The van der Waals surface area contributed by atoms with Gasteiger partial charge in [0.15, 0.2) is 0 Å². The van der Waals surface area contributed by atoms with Crippen molar-refractivity contribution in [3.8, 4) is 66.8 Å². The second-order valence-corrected chi connectivity index (χ2v) is 18.8. The molecule has 0 fully saturated rings. The molecule has 0 nitrogen and oxygen atoms in total. The van der Waals surface area contributed by atoms with Gasteiger partial charge in [-0.05, 0) is 196 Å². The largest absolute Gasteiger partial charge is 0.207 e. The Labute approximate surface area is 384 Å². The van der Waals surface area contributed by atoms with E-state index in [2.05, 4.69) is 170 Å². The van der Waals surface area contributed by atoms with Gasteiger partial charge in [0.2, 0.25) is 0 Å². The van der Waals surface area contributed by atoms with Crippen LogP contribution in [0.3, 0.4) is 0 Å². The summed E-state index contributed by atoms with van der Waals surface area (Å²) in [4.78, 5) is 0. The molecule has 0 N–H and O–H groups in total. The van der Waals surface area contributed by atoms with Gasteiger partial charge in [-0.1, -0.05) is 164 Å². The number of benzene rings is 13. The lowest BCUT2D eigenvalue weighted by molar-refractivity contribution is 0.618. The molecule has 0 unspecified atom stereocenters. The summed E-state index contributed by atoms with van der Waals surface area (Å²) in [7, 11) is 0. The molecule has 0 heterocycles. The van der Waals surface area contributed by atoms with E-state index < -0.39 is 5.41 Å². The average molecular weight is 853 g/mol. The third-order valence-electron chi connectivity index (χ3n) is 15.8. The van der Waals surface area contributed by atoms with Crippen LogP contribution >= 0.6 is 0 Å². The van der Waals surface area contributed by atoms with E-state index in [0.29, 0.717) is 0 Å². The second kappa shape index (κ2) is 12.5. The summed E-state index contributed by atoms with van der Waals surface area (Å²) in [5.74, 6) is -0.600. The zero-order valence-corrected chi connectivity index (χ0v) is 35.9. The maximum absolute atomic E-state index is 15.7. The molecule has 0 aromatic heterocycles. The molecular formula is C65H34F2. The van der Waals surface area contributed by atoms with Crippen LogP contribution < -0.4 is 0 Å². The van der Waals surface area contributed by atoms with E-state index in [1.54, 1.807) is 12.1 Å². The van der Waals surface area contributed by atoms with E-state index in [0.717, 1.165) is 55.3 Å². The summed E-state index contributed by atoms with van der Waals surface area (Å²) in [6.45, 7) is 0. The molecule has 308 valence electrons. The van der Waals surface area contributed by atoms with E-state index in [-0.39, 0.29) is 11.6 Å². The Hall–Kier alpha value is -8.46. The van der Waals surface area contributed by atoms with Crippen molar-refractivity contribution >= 4 is 64.6 Å². The van der Waals surface area contributed by atoms with Crippen molar-refractivity contribution < 1.29 is 8.78 Å². The van der Waals surface area contributed by atoms with Crippen molar-refractivity contribution in [3.05, 3.63) is 240 Å². The smallest absolute Gasteiger partial charge is 0.123 e. The SMILES string of the molecule is Fc1ccc2c(c1)C1(c3cc(F)ccc3-2)c2ccccc2-c2c1cc1c3ccc4c5c(ccc(c6cccc2c61)c53)-c1cc2c(-c3ccccc3)c3ccccc3c(-c3ccccc3)c2cc1-4. The molecule has 2 heteroatoms. The van der Waals surface area contributed by atoms with Crippen molar-refractivity contribution in [3.63, 3.8) is 0 Å². The minimum Gasteiger partial charge on any atom is -0.207 e. The monoisotopic (exact) mass is 852 g/mol. The van der Waals surface area contributed by atoms with Gasteiger partial charge in [0, 0.05) is 0 Å². The van der Waals surface area contributed by atoms with E-state index in [1.165, 1.54) is 111 Å². The first-order chi connectivity index (χ1) is 33.1. The maximum Gasteiger partial charge on any atom is 0.123 e. The molecule has 0 saturated heterocycles. The Morgan fingerprint density at radius 2 is 0.731 bits per heavy atom. The molecular weight excluding hydrogens is 819 g/mol. The molecule has 0 saturated carbocycles. The molecule has 0 bridgehead atoms. The molecule has 3 aliphatic rings. The predicted molar refractivity (Wildman–Crippen MR) is 274 cm³/mol. The summed E-state index contributed by atoms with van der Waals surface area (Å²) < 4.78 is 31.5. The first kappa shape index (κ1) is 35.8. The van der Waals surface area contributed by atoms with Crippen LogP contribution in [0.25, 0.3) is 131 Å². The quantitative estimate of drug-likeness (QED) is 0.120. The first-order valence-corrected chi connectivity index (χ1v) is 23.1. The fourth-order valence-corrected chi connectivity index (χ4v) is 13.4. The third-order valence-corrected chi connectivity index (χ3v) is 15.8. The maximum atomic E-state index is 15.7. The molecule has 67 heavy (non-hydrogen) atoms. The number of hydrogen-bond acceptors (Lipinski definition) is 0. The molecule has 0 radical (unpaired) electrons. The number of rotatable bonds is 2. The summed E-state index contributed by atoms with van der Waals surface area (Å²) in [6, 6.07) is 72.8. The Morgan fingerprint density at radius 1 is 0.239 bits per heavy atom. The second-order valence-electron chi connectivity index (χ2n) is 18.8. The van der Waals surface area contributed by atoms with Gasteiger partial charge in [-0.3, -0.25) is 0 Å². The van der Waals surface area contributed by atoms with Gasteiger partial charge in [-0.15, -0.1) is 0 Å². The third kappa shape index (κ3) is 4.28. The highest BCUT2D eigenvalue weighted by Gasteiger charge is 2.52. The molecule has 0 aliphatic heterocycles. The van der Waals surface area contributed by atoms with Crippen LogP contribution in [0.15, 0.2) is 206 Å². The Kier molecular flexibility index (Phi) is 6.66. The van der Waals surface area contributed by atoms with E-state index in [4.69, 9.17) is 0 Å². The molecule has 3 aliphatic carbocycles.